The molecule has 11 rings (SSSR count). The maximum absolute atomic E-state index is 14.6. The molecule has 3 aliphatic heterocycles. The number of hydrogen-bond acceptors (Lipinski definition) is 15. The highest BCUT2D eigenvalue weighted by Gasteiger charge is 2.31. The molecular weight excluding hydrogens is 1020 g/mol. The van der Waals surface area contributed by atoms with Crippen molar-refractivity contribution in [2.75, 3.05) is 75.4 Å². The molecule has 0 radical (unpaired) electrons. The number of amides is 2. The second kappa shape index (κ2) is 20.9. The molecule has 0 aliphatic carbocycles. The first-order valence-corrected chi connectivity index (χ1v) is 30.4. The van der Waals surface area contributed by atoms with Gasteiger partial charge < -0.3 is 32.8 Å². The molecule has 1 saturated heterocycles. The van der Waals surface area contributed by atoms with E-state index in [0.29, 0.717) is 137 Å². The summed E-state index contributed by atoms with van der Waals surface area (Å²) in [6, 6.07) is 18.2. The summed E-state index contributed by atoms with van der Waals surface area (Å²) in [5.41, 5.74) is 7.55. The van der Waals surface area contributed by atoms with Gasteiger partial charge in [0.1, 0.15) is 13.7 Å². The third-order valence-electron chi connectivity index (χ3n) is 14.3. The van der Waals surface area contributed by atoms with Crippen LogP contribution in [0.15, 0.2) is 77.4 Å². The van der Waals surface area contributed by atoms with Crippen molar-refractivity contribution in [3.05, 3.63) is 95.6 Å². The first kappa shape index (κ1) is 51.8. The Morgan fingerprint density at radius 2 is 1.40 bits per heavy atom. The summed E-state index contributed by atoms with van der Waals surface area (Å²) in [6.45, 7) is 9.60. The normalized spacial score (nSPS) is 18.7. The van der Waals surface area contributed by atoms with Gasteiger partial charge >= 0.3 is 0 Å². The van der Waals surface area contributed by atoms with Gasteiger partial charge in [-0.3, -0.25) is 30.2 Å². The number of nitrogens with zero attached hydrogens (tertiary/aromatic N) is 12. The molecule has 402 valence electrons. The Hall–Kier alpha value is -7.26. The molecule has 2 amide bonds. The third kappa shape index (κ3) is 11.0. The van der Waals surface area contributed by atoms with Crippen LogP contribution in [0.1, 0.15) is 58.8 Å². The third-order valence-corrected chi connectivity index (χ3v) is 18.0. The number of aryl methyl sites for hydroxylation is 4. The number of ether oxygens (including phenoxy) is 3. The Kier molecular flexibility index (Phi) is 14.1. The average Bonchev–Trinajstić information content (AvgIpc) is 4.26. The van der Waals surface area contributed by atoms with Crippen LogP contribution in [0.25, 0.3) is 44.6 Å². The lowest BCUT2D eigenvalue weighted by atomic mass is 10.1. The van der Waals surface area contributed by atoms with E-state index < -0.39 is 22.8 Å². The molecule has 6 aromatic heterocycles. The number of pyridine rings is 2. The van der Waals surface area contributed by atoms with Crippen LogP contribution in [0.5, 0.6) is 11.8 Å². The van der Waals surface area contributed by atoms with Crippen LogP contribution in [0.2, 0.25) is 0 Å². The molecule has 4 bridgehead atoms. The van der Waals surface area contributed by atoms with Gasteiger partial charge in [-0.2, -0.15) is 14.6 Å². The van der Waals surface area contributed by atoms with Crippen LogP contribution in [0.3, 0.4) is 0 Å². The van der Waals surface area contributed by atoms with E-state index in [4.69, 9.17) is 39.2 Å². The topological polar surface area (TPSA) is 233 Å². The molecule has 1 fully saturated rings. The van der Waals surface area contributed by atoms with Gasteiger partial charge in [0.2, 0.25) is 23.7 Å². The second-order valence-electron chi connectivity index (χ2n) is 20.8. The highest BCUT2D eigenvalue weighted by molar-refractivity contribution is 7.92. The lowest BCUT2D eigenvalue weighted by Crippen LogP contribution is -2.34. The molecule has 77 heavy (non-hydrogen) atoms. The number of rotatable bonds is 5. The second-order valence-corrected chi connectivity index (χ2v) is 26.6. The Bertz CT molecular complexity index is 3780. The minimum Gasteiger partial charge on any atom is -0.477 e. The monoisotopic (exact) mass is 1080 g/mol. The number of fused-ring (bicyclic) bond motifs is 14. The predicted octanol–water partition coefficient (Wildman–Crippen LogP) is 7.39. The smallest absolute Gasteiger partial charge is 0.258 e. The number of hydrogen-bond donors (Lipinski definition) is 2. The molecule has 21 nitrogen and oxygen atoms in total. The first-order chi connectivity index (χ1) is 36.9. The van der Waals surface area contributed by atoms with Crippen molar-refractivity contribution in [2.45, 2.75) is 65.8 Å². The van der Waals surface area contributed by atoms with E-state index in [1.54, 1.807) is 77.7 Å². The number of aromatic nitrogens is 10. The lowest BCUT2D eigenvalue weighted by Gasteiger charge is -2.29. The molecule has 0 saturated carbocycles. The fraction of sp³-hybridized carbons (Fsp3) is 0.407. The van der Waals surface area contributed by atoms with Crippen molar-refractivity contribution in [1.29, 1.82) is 0 Å². The molecular formula is C54H63N14O7PS. The van der Waals surface area contributed by atoms with Crippen LogP contribution in [-0.4, -0.2) is 140 Å². The summed E-state index contributed by atoms with van der Waals surface area (Å²) in [7, 11) is -1.20. The number of benzene rings is 2. The number of carbonyl (C=O) groups is 2. The largest absolute Gasteiger partial charge is 0.477 e. The molecule has 2 N–H and O–H groups in total. The first-order valence-electron chi connectivity index (χ1n) is 26.0. The van der Waals surface area contributed by atoms with Gasteiger partial charge in [0, 0.05) is 95.5 Å². The van der Waals surface area contributed by atoms with E-state index in [-0.39, 0.29) is 31.1 Å². The SMILES string of the molecule is Cc1cc2cc(n1)-c1cnn(CCc3cc4cc(n3)-c3cnn(C)c3OCCOC(C)Cn3c(nc5ccc(N=S(C)(C)=O)cc53)NC4=O)c1OCCCC(C)Cn1c(nc3ccc(P4(=O)CCN(C)CC4)cc31)NC2=O. The molecule has 2 unspecified atom stereocenters. The summed E-state index contributed by atoms with van der Waals surface area (Å²) in [6.07, 6.45) is 9.33. The summed E-state index contributed by atoms with van der Waals surface area (Å²) in [5, 5.41) is 16.4. The van der Waals surface area contributed by atoms with E-state index in [2.05, 4.69) is 43.5 Å². The minimum absolute atomic E-state index is 0.153. The predicted molar refractivity (Wildman–Crippen MR) is 297 cm³/mol. The quantitative estimate of drug-likeness (QED) is 0.160. The van der Waals surface area contributed by atoms with Crippen molar-refractivity contribution in [3.8, 4) is 34.3 Å². The lowest BCUT2D eigenvalue weighted by molar-refractivity contribution is 0.0344. The van der Waals surface area contributed by atoms with Crippen molar-refractivity contribution in [1.82, 2.24) is 53.5 Å². The van der Waals surface area contributed by atoms with Crippen molar-refractivity contribution >= 4 is 73.6 Å². The van der Waals surface area contributed by atoms with Crippen molar-refractivity contribution in [3.63, 3.8) is 0 Å². The molecule has 9 heterocycles. The Morgan fingerprint density at radius 1 is 0.753 bits per heavy atom. The van der Waals surface area contributed by atoms with E-state index in [1.165, 1.54) is 0 Å². The summed E-state index contributed by atoms with van der Waals surface area (Å²) < 4.78 is 57.9. The number of carbonyl (C=O) groups excluding carboxylic acids is 2. The number of anilines is 2. The maximum Gasteiger partial charge on any atom is 0.258 e. The zero-order valence-corrected chi connectivity index (χ0v) is 46.1. The summed E-state index contributed by atoms with van der Waals surface area (Å²) in [5.74, 6) is 1.08. The number of imidazole rings is 2. The van der Waals surface area contributed by atoms with Crippen LogP contribution >= 0.6 is 7.14 Å². The average molecular weight is 1080 g/mol. The Labute approximate surface area is 446 Å². The van der Waals surface area contributed by atoms with Crippen LogP contribution in [0.4, 0.5) is 17.6 Å². The molecule has 2 atom stereocenters. The van der Waals surface area contributed by atoms with E-state index in [1.807, 2.05) is 42.7 Å². The van der Waals surface area contributed by atoms with Crippen LogP contribution in [0, 0.1) is 12.8 Å². The zero-order valence-electron chi connectivity index (χ0n) is 44.4. The zero-order chi connectivity index (χ0) is 53.8. The molecule has 8 aromatic rings. The Balaban J connectivity index is 0.909. The minimum atomic E-state index is -2.60. The maximum atomic E-state index is 14.6. The molecule has 23 heteroatoms. The van der Waals surface area contributed by atoms with Crippen LogP contribution < -0.4 is 25.4 Å². The van der Waals surface area contributed by atoms with Gasteiger partial charge in [0.05, 0.1) is 95.1 Å². The summed E-state index contributed by atoms with van der Waals surface area (Å²) in [4.78, 5) is 50.8. The van der Waals surface area contributed by atoms with Gasteiger partial charge in [-0.25, -0.2) is 23.5 Å². The van der Waals surface area contributed by atoms with E-state index in [9.17, 15) is 18.4 Å². The number of nitrogens with one attached hydrogen (secondary N) is 2. The highest BCUT2D eigenvalue weighted by Crippen LogP contribution is 2.46. The molecule has 3 aliphatic rings. The molecule has 0 spiro atoms. The van der Waals surface area contributed by atoms with Crippen molar-refractivity contribution in [2.24, 2.45) is 17.3 Å². The van der Waals surface area contributed by atoms with Gasteiger partial charge in [-0.15, -0.1) is 0 Å². The van der Waals surface area contributed by atoms with E-state index in [0.717, 1.165) is 35.8 Å². The van der Waals surface area contributed by atoms with Gasteiger partial charge in [0.15, 0.2) is 0 Å². The van der Waals surface area contributed by atoms with Gasteiger partial charge in [-0.1, -0.05) is 6.92 Å². The fourth-order valence-electron chi connectivity index (χ4n) is 10.3. The summed E-state index contributed by atoms with van der Waals surface area (Å²) >= 11 is 0. The standard InChI is InChI=1S/C54H63N14O7PS/c1-33-9-8-18-74-52-42(45-25-36(23-34(2)57-45)49(69)61-53-60-44-13-11-40(28-48(44)66(53)31-33)76(71)21-16-64(4)17-22-76)30-56-68(52)15-14-38-24-37-26-46(58-38)41-29-55-65(5)51(41)75-20-19-73-35(3)32-67-47-27-39(63-77(6,7)72)10-12-43(47)59-54(67)62-50(37)70/h10-13,23-30,33,35H,8-9,14-22,31-32H2,1-7H3,(H,59,62,70)(H,60,61,69). The molecule has 2 aromatic carbocycles. The van der Waals surface area contributed by atoms with Gasteiger partial charge in [0.25, 0.3) is 11.8 Å². The highest BCUT2D eigenvalue weighted by atomic mass is 32.2. The van der Waals surface area contributed by atoms with Crippen molar-refractivity contribution < 1.29 is 32.6 Å². The Morgan fingerprint density at radius 3 is 2.14 bits per heavy atom. The van der Waals surface area contributed by atoms with E-state index >= 15 is 0 Å². The van der Waals surface area contributed by atoms with Gasteiger partial charge in [-0.05, 0) is 100 Å². The fourth-order valence-corrected chi connectivity index (χ4v) is 13.7. The van der Waals surface area contributed by atoms with Crippen LogP contribution in [-0.2, 0) is 52.1 Å².